The van der Waals surface area contributed by atoms with Gasteiger partial charge >= 0.3 is 0 Å². The van der Waals surface area contributed by atoms with Crippen LogP contribution < -0.4 is 5.32 Å². The van der Waals surface area contributed by atoms with Gasteiger partial charge in [0.2, 0.25) is 0 Å². The second-order valence-electron chi connectivity index (χ2n) is 4.30. The highest BCUT2D eigenvalue weighted by molar-refractivity contribution is 5.96. The third kappa shape index (κ3) is 2.58. The van der Waals surface area contributed by atoms with Crippen molar-refractivity contribution in [3.63, 3.8) is 0 Å². The van der Waals surface area contributed by atoms with Crippen molar-refractivity contribution in [1.82, 2.24) is 20.3 Å². The van der Waals surface area contributed by atoms with Crippen molar-refractivity contribution in [3.05, 3.63) is 35.5 Å². The zero-order valence-corrected chi connectivity index (χ0v) is 10.7. The van der Waals surface area contributed by atoms with Crippen molar-refractivity contribution < 1.29 is 9.32 Å². The SMILES string of the molecule is Cc1noc(C)c1C(=O)NC(C)Cn1cccn1. The molecule has 0 aliphatic heterocycles. The van der Waals surface area contributed by atoms with E-state index < -0.39 is 0 Å². The van der Waals surface area contributed by atoms with Crippen molar-refractivity contribution >= 4 is 5.91 Å². The van der Waals surface area contributed by atoms with Gasteiger partial charge in [-0.15, -0.1) is 0 Å². The molecule has 0 aliphatic rings. The number of aromatic nitrogens is 3. The van der Waals surface area contributed by atoms with E-state index in [1.807, 2.05) is 19.2 Å². The lowest BCUT2D eigenvalue weighted by Crippen LogP contribution is -2.36. The predicted octanol–water partition coefficient (Wildman–Crippen LogP) is 1.31. The molecule has 0 saturated carbocycles. The Hall–Kier alpha value is -2.11. The Morgan fingerprint density at radius 2 is 2.33 bits per heavy atom. The van der Waals surface area contributed by atoms with Crippen LogP contribution in [0.25, 0.3) is 0 Å². The highest BCUT2D eigenvalue weighted by Crippen LogP contribution is 2.12. The molecule has 0 aliphatic carbocycles. The van der Waals surface area contributed by atoms with E-state index in [1.54, 1.807) is 24.7 Å². The molecule has 1 unspecified atom stereocenters. The van der Waals surface area contributed by atoms with Crippen LogP contribution >= 0.6 is 0 Å². The summed E-state index contributed by atoms with van der Waals surface area (Å²) in [6.07, 6.45) is 3.57. The molecule has 96 valence electrons. The zero-order valence-electron chi connectivity index (χ0n) is 10.7. The van der Waals surface area contributed by atoms with Gasteiger partial charge < -0.3 is 9.84 Å². The molecule has 0 radical (unpaired) electrons. The minimum absolute atomic E-state index is 0.0221. The van der Waals surface area contributed by atoms with Gasteiger partial charge in [0.05, 0.1) is 12.2 Å². The summed E-state index contributed by atoms with van der Waals surface area (Å²) in [5, 5.41) is 10.8. The van der Waals surface area contributed by atoms with E-state index in [4.69, 9.17) is 4.52 Å². The minimum atomic E-state index is -0.161. The summed E-state index contributed by atoms with van der Waals surface area (Å²) in [5.41, 5.74) is 1.12. The summed E-state index contributed by atoms with van der Waals surface area (Å²) in [7, 11) is 0. The topological polar surface area (TPSA) is 73.0 Å². The number of nitrogens with one attached hydrogen (secondary N) is 1. The van der Waals surface area contributed by atoms with Gasteiger partial charge in [-0.3, -0.25) is 9.48 Å². The number of amides is 1. The van der Waals surface area contributed by atoms with Crippen molar-refractivity contribution in [3.8, 4) is 0 Å². The minimum Gasteiger partial charge on any atom is -0.361 e. The van der Waals surface area contributed by atoms with Crippen LogP contribution in [0.15, 0.2) is 23.0 Å². The first-order valence-corrected chi connectivity index (χ1v) is 5.79. The molecular formula is C12H16N4O2. The summed E-state index contributed by atoms with van der Waals surface area (Å²) >= 11 is 0. The number of aryl methyl sites for hydroxylation is 2. The summed E-state index contributed by atoms with van der Waals surface area (Å²) in [6.45, 7) is 6.04. The highest BCUT2D eigenvalue weighted by Gasteiger charge is 2.18. The molecule has 0 spiro atoms. The quantitative estimate of drug-likeness (QED) is 0.885. The van der Waals surface area contributed by atoms with Gasteiger partial charge in [-0.05, 0) is 26.8 Å². The normalized spacial score (nSPS) is 12.4. The van der Waals surface area contributed by atoms with E-state index in [-0.39, 0.29) is 11.9 Å². The fourth-order valence-electron chi connectivity index (χ4n) is 1.84. The van der Waals surface area contributed by atoms with Crippen molar-refractivity contribution in [1.29, 1.82) is 0 Å². The Bertz CT molecular complexity index is 511. The molecule has 0 bridgehead atoms. The van der Waals surface area contributed by atoms with Crippen LogP contribution in [0.3, 0.4) is 0 Å². The Morgan fingerprint density at radius 1 is 1.56 bits per heavy atom. The van der Waals surface area contributed by atoms with Gasteiger partial charge in [0.1, 0.15) is 11.3 Å². The molecule has 6 heteroatoms. The van der Waals surface area contributed by atoms with E-state index in [9.17, 15) is 4.79 Å². The third-order valence-corrected chi connectivity index (χ3v) is 2.66. The van der Waals surface area contributed by atoms with E-state index in [0.29, 0.717) is 23.6 Å². The molecule has 1 N–H and O–H groups in total. The van der Waals surface area contributed by atoms with Crippen molar-refractivity contribution in [2.45, 2.75) is 33.4 Å². The van der Waals surface area contributed by atoms with Crippen molar-refractivity contribution in [2.75, 3.05) is 0 Å². The number of nitrogens with zero attached hydrogens (tertiary/aromatic N) is 3. The van der Waals surface area contributed by atoms with Crippen LogP contribution in [-0.4, -0.2) is 26.9 Å². The summed E-state index contributed by atoms with van der Waals surface area (Å²) in [6, 6.07) is 1.83. The van der Waals surface area contributed by atoms with Crippen LogP contribution in [0.5, 0.6) is 0 Å². The lowest BCUT2D eigenvalue weighted by molar-refractivity contribution is 0.0934. The molecule has 2 rings (SSSR count). The van der Waals surface area contributed by atoms with E-state index >= 15 is 0 Å². The molecule has 0 fully saturated rings. The van der Waals surface area contributed by atoms with Gasteiger partial charge in [-0.1, -0.05) is 5.16 Å². The van der Waals surface area contributed by atoms with Crippen LogP contribution in [0.2, 0.25) is 0 Å². The lowest BCUT2D eigenvalue weighted by atomic mass is 10.2. The van der Waals surface area contributed by atoms with Gasteiger partial charge in [-0.25, -0.2) is 0 Å². The fraction of sp³-hybridized carbons (Fsp3) is 0.417. The maximum atomic E-state index is 12.0. The number of carbonyl (C=O) groups is 1. The summed E-state index contributed by atoms with van der Waals surface area (Å²) in [4.78, 5) is 12.0. The van der Waals surface area contributed by atoms with Crippen molar-refractivity contribution in [2.24, 2.45) is 0 Å². The molecule has 2 aromatic heterocycles. The lowest BCUT2D eigenvalue weighted by Gasteiger charge is -2.13. The first kappa shape index (κ1) is 12.3. The van der Waals surface area contributed by atoms with Crippen LogP contribution in [-0.2, 0) is 6.54 Å². The third-order valence-electron chi connectivity index (χ3n) is 2.66. The molecule has 0 aromatic carbocycles. The van der Waals surface area contributed by atoms with Gasteiger partial charge in [0, 0.05) is 18.4 Å². The Balaban J connectivity index is 1.99. The molecule has 1 amide bonds. The second-order valence-corrected chi connectivity index (χ2v) is 4.30. The van der Waals surface area contributed by atoms with Crippen LogP contribution in [0, 0.1) is 13.8 Å². The predicted molar refractivity (Wildman–Crippen MR) is 65.1 cm³/mol. The van der Waals surface area contributed by atoms with Gasteiger partial charge in [0.15, 0.2) is 0 Å². The van der Waals surface area contributed by atoms with E-state index in [1.165, 1.54) is 0 Å². The maximum Gasteiger partial charge on any atom is 0.257 e. The number of carbonyl (C=O) groups excluding carboxylic acids is 1. The molecule has 2 aromatic rings. The summed E-state index contributed by atoms with van der Waals surface area (Å²) in [5.74, 6) is 0.377. The first-order valence-electron chi connectivity index (χ1n) is 5.79. The molecule has 18 heavy (non-hydrogen) atoms. The largest absolute Gasteiger partial charge is 0.361 e. The molecule has 6 nitrogen and oxygen atoms in total. The molecular weight excluding hydrogens is 232 g/mol. The second kappa shape index (κ2) is 5.03. The maximum absolute atomic E-state index is 12.0. The standard InChI is InChI=1S/C12H16N4O2/c1-8(7-16-6-4-5-13-16)14-12(17)11-9(2)15-18-10(11)3/h4-6,8H,7H2,1-3H3,(H,14,17). The Kier molecular flexibility index (Phi) is 3.45. The van der Waals surface area contributed by atoms with E-state index in [2.05, 4.69) is 15.6 Å². The zero-order chi connectivity index (χ0) is 13.1. The Labute approximate surface area is 105 Å². The highest BCUT2D eigenvalue weighted by atomic mass is 16.5. The average molecular weight is 248 g/mol. The van der Waals surface area contributed by atoms with Crippen LogP contribution in [0.1, 0.15) is 28.7 Å². The molecule has 0 saturated heterocycles. The van der Waals surface area contributed by atoms with Crippen LogP contribution in [0.4, 0.5) is 0 Å². The number of hydrogen-bond donors (Lipinski definition) is 1. The molecule has 2 heterocycles. The number of hydrogen-bond acceptors (Lipinski definition) is 4. The summed E-state index contributed by atoms with van der Waals surface area (Å²) < 4.78 is 6.75. The Morgan fingerprint density at radius 3 is 2.89 bits per heavy atom. The van der Waals surface area contributed by atoms with E-state index in [0.717, 1.165) is 0 Å². The smallest absolute Gasteiger partial charge is 0.257 e. The monoisotopic (exact) mass is 248 g/mol. The fourth-order valence-corrected chi connectivity index (χ4v) is 1.84. The van der Waals surface area contributed by atoms with Gasteiger partial charge in [0.25, 0.3) is 5.91 Å². The molecule has 1 atom stereocenters. The van der Waals surface area contributed by atoms with Gasteiger partial charge in [-0.2, -0.15) is 5.10 Å². The number of rotatable bonds is 4. The first-order chi connectivity index (χ1) is 8.58. The average Bonchev–Trinajstić information content (AvgIpc) is 2.89.